The molecule has 2 rings (SSSR count). The van der Waals surface area contributed by atoms with E-state index in [0.717, 1.165) is 16.8 Å². The second-order valence-electron chi connectivity index (χ2n) is 4.53. The summed E-state index contributed by atoms with van der Waals surface area (Å²) in [6.07, 6.45) is 0.713. The lowest BCUT2D eigenvalue weighted by Gasteiger charge is -2.10. The van der Waals surface area contributed by atoms with Crippen LogP contribution in [0.25, 0.3) is 0 Å². The molecule has 0 aliphatic heterocycles. The maximum Gasteiger partial charge on any atom is 0.352 e. The molecule has 19 heavy (non-hydrogen) atoms. The number of carboxylic acid groups (broad SMARTS) is 1. The zero-order valence-electron chi connectivity index (χ0n) is 11.0. The first-order valence-electron chi connectivity index (χ1n) is 6.19. The van der Waals surface area contributed by atoms with Gasteiger partial charge in [0.15, 0.2) is 0 Å². The number of aromatic carboxylic acids is 1. The van der Waals surface area contributed by atoms with Crippen molar-refractivity contribution in [1.82, 2.24) is 4.57 Å². The fraction of sp³-hybridized carbons (Fsp3) is 0.267. The number of aryl methyl sites for hydroxylation is 2. The molecule has 1 aromatic heterocycles. The molecule has 1 aromatic carbocycles. The summed E-state index contributed by atoms with van der Waals surface area (Å²) in [6.45, 7) is 4.41. The third kappa shape index (κ3) is 2.82. The normalized spacial score (nSPS) is 10.7. The maximum absolute atomic E-state index is 11.4. The molecule has 0 saturated carbocycles. The minimum absolute atomic E-state index is 0.375. The second-order valence-corrected chi connectivity index (χ2v) is 4.97. The van der Waals surface area contributed by atoms with Crippen LogP contribution in [-0.2, 0) is 13.0 Å². The van der Waals surface area contributed by atoms with E-state index in [1.165, 1.54) is 0 Å². The van der Waals surface area contributed by atoms with Gasteiger partial charge in [0.25, 0.3) is 0 Å². The van der Waals surface area contributed by atoms with Crippen LogP contribution >= 0.6 is 11.6 Å². The van der Waals surface area contributed by atoms with E-state index in [1.807, 2.05) is 48.7 Å². The Hall–Kier alpha value is -1.74. The fourth-order valence-corrected chi connectivity index (χ4v) is 2.50. The molecule has 1 heterocycles. The van der Waals surface area contributed by atoms with Gasteiger partial charge in [-0.15, -0.1) is 0 Å². The van der Waals surface area contributed by atoms with Crippen molar-refractivity contribution in [3.63, 3.8) is 0 Å². The molecule has 100 valence electrons. The van der Waals surface area contributed by atoms with Gasteiger partial charge in [-0.25, -0.2) is 4.79 Å². The van der Waals surface area contributed by atoms with Gasteiger partial charge in [0.05, 0.1) is 0 Å². The number of rotatable bonds is 4. The number of benzene rings is 1. The lowest BCUT2D eigenvalue weighted by molar-refractivity contribution is 0.0684. The lowest BCUT2D eigenvalue weighted by Crippen LogP contribution is -2.12. The first-order valence-corrected chi connectivity index (χ1v) is 6.57. The molecule has 0 aliphatic carbocycles. The third-order valence-electron chi connectivity index (χ3n) is 3.20. The van der Waals surface area contributed by atoms with Gasteiger partial charge >= 0.3 is 5.97 Å². The van der Waals surface area contributed by atoms with Crippen LogP contribution in [0.1, 0.15) is 34.2 Å². The van der Waals surface area contributed by atoms with Crippen LogP contribution in [-0.4, -0.2) is 15.6 Å². The second kappa shape index (κ2) is 5.49. The van der Waals surface area contributed by atoms with Gasteiger partial charge in [-0.2, -0.15) is 0 Å². The van der Waals surface area contributed by atoms with E-state index in [9.17, 15) is 9.90 Å². The molecule has 0 saturated heterocycles. The Labute approximate surface area is 117 Å². The summed E-state index contributed by atoms with van der Waals surface area (Å²) in [4.78, 5) is 11.4. The smallest absolute Gasteiger partial charge is 0.352 e. The van der Waals surface area contributed by atoms with Gasteiger partial charge in [-0.05, 0) is 42.7 Å². The van der Waals surface area contributed by atoms with E-state index < -0.39 is 5.97 Å². The maximum atomic E-state index is 11.4. The minimum Gasteiger partial charge on any atom is -0.477 e. The van der Waals surface area contributed by atoms with E-state index in [1.54, 1.807) is 0 Å². The standard InChI is InChI=1S/C15H16ClNO2/c1-3-12-7-10(2)17(14(12)15(18)19)9-11-5-4-6-13(16)8-11/h4-8H,3,9H2,1-2H3,(H,18,19). The minimum atomic E-state index is -0.882. The van der Waals surface area contributed by atoms with Crippen molar-refractivity contribution in [1.29, 1.82) is 0 Å². The molecule has 0 atom stereocenters. The summed E-state index contributed by atoms with van der Waals surface area (Å²) in [7, 11) is 0. The molecule has 0 aliphatic rings. The quantitative estimate of drug-likeness (QED) is 0.925. The van der Waals surface area contributed by atoms with Crippen LogP contribution in [0.2, 0.25) is 5.02 Å². The van der Waals surface area contributed by atoms with E-state index in [4.69, 9.17) is 11.6 Å². The summed E-state index contributed by atoms with van der Waals surface area (Å²) in [5.74, 6) is -0.882. The number of nitrogens with zero attached hydrogens (tertiary/aromatic N) is 1. The number of hydrogen-bond donors (Lipinski definition) is 1. The average Bonchev–Trinajstić information content (AvgIpc) is 2.66. The highest BCUT2D eigenvalue weighted by Gasteiger charge is 2.17. The topological polar surface area (TPSA) is 42.2 Å². The van der Waals surface area contributed by atoms with Gasteiger partial charge in [-0.3, -0.25) is 0 Å². The highest BCUT2D eigenvalue weighted by molar-refractivity contribution is 6.30. The molecule has 0 fully saturated rings. The van der Waals surface area contributed by atoms with Gasteiger partial charge < -0.3 is 9.67 Å². The Morgan fingerprint density at radius 3 is 2.68 bits per heavy atom. The first kappa shape index (κ1) is 13.7. The van der Waals surface area contributed by atoms with Crippen molar-refractivity contribution < 1.29 is 9.90 Å². The molecule has 0 unspecified atom stereocenters. The van der Waals surface area contributed by atoms with Crippen LogP contribution in [0.15, 0.2) is 30.3 Å². The SMILES string of the molecule is CCc1cc(C)n(Cc2cccc(Cl)c2)c1C(=O)O. The highest BCUT2D eigenvalue weighted by atomic mass is 35.5. The van der Waals surface area contributed by atoms with E-state index in [0.29, 0.717) is 23.7 Å². The van der Waals surface area contributed by atoms with Crippen molar-refractivity contribution in [2.24, 2.45) is 0 Å². The molecule has 3 nitrogen and oxygen atoms in total. The van der Waals surface area contributed by atoms with Crippen molar-refractivity contribution in [2.75, 3.05) is 0 Å². The van der Waals surface area contributed by atoms with Crippen LogP contribution in [0.3, 0.4) is 0 Å². The van der Waals surface area contributed by atoms with Gasteiger partial charge in [-0.1, -0.05) is 30.7 Å². The van der Waals surface area contributed by atoms with E-state index in [2.05, 4.69) is 0 Å². The Morgan fingerprint density at radius 1 is 1.37 bits per heavy atom. The van der Waals surface area contributed by atoms with Crippen molar-refractivity contribution >= 4 is 17.6 Å². The molecule has 0 amide bonds. The highest BCUT2D eigenvalue weighted by Crippen LogP contribution is 2.20. The molecule has 2 aromatic rings. The number of hydrogen-bond acceptors (Lipinski definition) is 1. The summed E-state index contributed by atoms with van der Waals surface area (Å²) in [5, 5.41) is 10.0. The van der Waals surface area contributed by atoms with Gasteiger partial charge in [0, 0.05) is 17.3 Å². The predicted octanol–water partition coefficient (Wildman–Crippen LogP) is 3.76. The average molecular weight is 278 g/mol. The summed E-state index contributed by atoms with van der Waals surface area (Å²) >= 11 is 5.96. The van der Waals surface area contributed by atoms with Gasteiger partial charge in [0.1, 0.15) is 5.69 Å². The predicted molar refractivity (Wildman–Crippen MR) is 76.1 cm³/mol. The van der Waals surface area contributed by atoms with Crippen molar-refractivity contribution in [2.45, 2.75) is 26.8 Å². The van der Waals surface area contributed by atoms with Crippen LogP contribution in [0, 0.1) is 6.92 Å². The largest absolute Gasteiger partial charge is 0.477 e. The van der Waals surface area contributed by atoms with Crippen LogP contribution in [0.5, 0.6) is 0 Å². The van der Waals surface area contributed by atoms with E-state index in [-0.39, 0.29) is 0 Å². The molecular weight excluding hydrogens is 262 g/mol. The summed E-state index contributed by atoms with van der Waals surface area (Å²) in [5.41, 5.74) is 3.19. The van der Waals surface area contributed by atoms with Crippen molar-refractivity contribution in [3.05, 3.63) is 57.9 Å². The summed E-state index contributed by atoms with van der Waals surface area (Å²) < 4.78 is 1.83. The third-order valence-corrected chi connectivity index (χ3v) is 3.43. The van der Waals surface area contributed by atoms with E-state index >= 15 is 0 Å². The molecule has 0 bridgehead atoms. The molecular formula is C15H16ClNO2. The number of halogens is 1. The lowest BCUT2D eigenvalue weighted by atomic mass is 10.2. The molecule has 1 N–H and O–H groups in total. The molecule has 0 spiro atoms. The Bertz CT molecular complexity index is 617. The van der Waals surface area contributed by atoms with Crippen LogP contribution in [0.4, 0.5) is 0 Å². The summed E-state index contributed by atoms with van der Waals surface area (Å²) in [6, 6.07) is 9.43. The Balaban J connectivity index is 2.45. The Kier molecular flexibility index (Phi) is 3.96. The first-order chi connectivity index (χ1) is 9.02. The number of carboxylic acids is 1. The van der Waals surface area contributed by atoms with Crippen LogP contribution < -0.4 is 0 Å². The number of aromatic nitrogens is 1. The van der Waals surface area contributed by atoms with Crippen molar-refractivity contribution in [3.8, 4) is 0 Å². The Morgan fingerprint density at radius 2 is 2.11 bits per heavy atom. The zero-order chi connectivity index (χ0) is 14.0. The monoisotopic (exact) mass is 277 g/mol. The van der Waals surface area contributed by atoms with Gasteiger partial charge in [0.2, 0.25) is 0 Å². The molecule has 0 radical (unpaired) electrons. The number of carbonyl (C=O) groups is 1. The fourth-order valence-electron chi connectivity index (χ4n) is 2.29. The zero-order valence-corrected chi connectivity index (χ0v) is 11.7. The molecule has 4 heteroatoms.